The summed E-state index contributed by atoms with van der Waals surface area (Å²) in [5.74, 6) is -2.30. The zero-order chi connectivity index (χ0) is 27.8. The number of nitrogens with zero attached hydrogens (tertiary/aromatic N) is 2. The van der Waals surface area contributed by atoms with Crippen molar-refractivity contribution in [2.45, 2.75) is 40.5 Å². The highest BCUT2D eigenvalue weighted by Gasteiger charge is 2.27. The Morgan fingerprint density at radius 3 is 1.16 bits per heavy atom. The van der Waals surface area contributed by atoms with Gasteiger partial charge in [0.05, 0.1) is 65.7 Å². The van der Waals surface area contributed by atoms with Crippen molar-refractivity contribution in [2.75, 3.05) is 80.0 Å². The smallest absolute Gasteiger partial charge is 0.308 e. The van der Waals surface area contributed by atoms with Gasteiger partial charge < -0.3 is 33.5 Å². The van der Waals surface area contributed by atoms with E-state index in [9.17, 15) is 19.2 Å². The Morgan fingerprint density at radius 1 is 0.568 bits per heavy atom. The summed E-state index contributed by atoms with van der Waals surface area (Å²) in [6.07, 6.45) is 0.781. The summed E-state index contributed by atoms with van der Waals surface area (Å²) in [7, 11) is 2.68. The zero-order valence-corrected chi connectivity index (χ0v) is 23.4. The predicted octanol–water partition coefficient (Wildman–Crippen LogP) is 1.38. The molecular formula is C26H46N2O9. The van der Waals surface area contributed by atoms with Gasteiger partial charge in [0.15, 0.2) is 0 Å². The molecule has 0 bridgehead atoms. The Morgan fingerprint density at radius 2 is 0.865 bits per heavy atom. The van der Waals surface area contributed by atoms with E-state index in [0.29, 0.717) is 78.7 Å². The molecule has 1 heterocycles. The molecule has 37 heavy (non-hydrogen) atoms. The summed E-state index contributed by atoms with van der Waals surface area (Å²) in [5.41, 5.74) is 0. The van der Waals surface area contributed by atoms with Crippen LogP contribution in [0.5, 0.6) is 0 Å². The van der Waals surface area contributed by atoms with Crippen LogP contribution in [0.15, 0.2) is 0 Å². The number of ether oxygens (including phenoxy) is 5. The summed E-state index contributed by atoms with van der Waals surface area (Å²) in [4.78, 5) is 53.0. The molecule has 0 spiro atoms. The van der Waals surface area contributed by atoms with Gasteiger partial charge in [-0.2, -0.15) is 0 Å². The van der Waals surface area contributed by atoms with Crippen molar-refractivity contribution in [3.63, 3.8) is 0 Å². The third-order valence-electron chi connectivity index (χ3n) is 6.48. The maximum Gasteiger partial charge on any atom is 0.308 e. The predicted molar refractivity (Wildman–Crippen MR) is 136 cm³/mol. The highest BCUT2D eigenvalue weighted by molar-refractivity contribution is 5.80. The van der Waals surface area contributed by atoms with Crippen LogP contribution in [0.1, 0.15) is 40.5 Å². The zero-order valence-electron chi connectivity index (χ0n) is 23.4. The summed E-state index contributed by atoms with van der Waals surface area (Å²) < 4.78 is 26.6. The quantitative estimate of drug-likeness (QED) is 0.429. The van der Waals surface area contributed by atoms with Crippen molar-refractivity contribution in [3.8, 4) is 0 Å². The van der Waals surface area contributed by atoms with Gasteiger partial charge in [0.25, 0.3) is 0 Å². The molecule has 0 N–H and O–H groups in total. The monoisotopic (exact) mass is 530 g/mol. The van der Waals surface area contributed by atoms with Crippen molar-refractivity contribution in [3.05, 3.63) is 0 Å². The highest BCUT2D eigenvalue weighted by Crippen LogP contribution is 2.17. The second-order valence-corrected chi connectivity index (χ2v) is 9.61. The number of hydrogen-bond acceptors (Lipinski definition) is 9. The Balaban J connectivity index is 2.72. The van der Waals surface area contributed by atoms with Crippen LogP contribution in [-0.2, 0) is 42.9 Å². The lowest BCUT2D eigenvalue weighted by atomic mass is 9.96. The molecule has 2 amide bonds. The van der Waals surface area contributed by atoms with Crippen LogP contribution in [0, 0.1) is 23.7 Å². The molecule has 0 aliphatic carbocycles. The highest BCUT2D eigenvalue weighted by atomic mass is 16.5. The number of hydrogen-bond donors (Lipinski definition) is 0. The summed E-state index contributed by atoms with van der Waals surface area (Å²) in [6.45, 7) is 10.7. The van der Waals surface area contributed by atoms with Crippen molar-refractivity contribution < 1.29 is 42.9 Å². The fourth-order valence-corrected chi connectivity index (χ4v) is 4.27. The van der Waals surface area contributed by atoms with Crippen LogP contribution >= 0.6 is 0 Å². The van der Waals surface area contributed by atoms with Crippen LogP contribution in [-0.4, -0.2) is 114 Å². The van der Waals surface area contributed by atoms with Gasteiger partial charge in [-0.3, -0.25) is 19.2 Å². The van der Waals surface area contributed by atoms with Gasteiger partial charge in [0, 0.05) is 38.0 Å². The van der Waals surface area contributed by atoms with E-state index in [1.807, 2.05) is 0 Å². The standard InChI is InChI=1S/C26H46N2O9/c1-19(17-21(3)25(31)33-5)23(29)27-7-11-35-12-8-28(10-14-37-16-15-36-13-9-27)24(30)20(2)18-22(4)26(32)34-6/h19-22H,7-18H2,1-6H3/t19-,20-,21-,22+/m0/s1. The lowest BCUT2D eigenvalue weighted by Gasteiger charge is -2.27. The van der Waals surface area contributed by atoms with Gasteiger partial charge in [0.2, 0.25) is 11.8 Å². The maximum atomic E-state index is 13.1. The van der Waals surface area contributed by atoms with Gasteiger partial charge in [-0.05, 0) is 12.8 Å². The van der Waals surface area contributed by atoms with E-state index >= 15 is 0 Å². The Bertz CT molecular complexity index is 660. The first-order chi connectivity index (χ1) is 17.6. The molecule has 0 radical (unpaired) electrons. The van der Waals surface area contributed by atoms with Crippen LogP contribution in [0.3, 0.4) is 0 Å². The van der Waals surface area contributed by atoms with E-state index < -0.39 is 0 Å². The van der Waals surface area contributed by atoms with Crippen molar-refractivity contribution in [1.82, 2.24) is 9.80 Å². The van der Waals surface area contributed by atoms with E-state index in [1.165, 1.54) is 14.2 Å². The molecule has 0 aromatic carbocycles. The third kappa shape index (κ3) is 12.2. The second-order valence-electron chi connectivity index (χ2n) is 9.61. The molecule has 214 valence electrons. The van der Waals surface area contributed by atoms with Gasteiger partial charge in [-0.25, -0.2) is 0 Å². The van der Waals surface area contributed by atoms with Gasteiger partial charge >= 0.3 is 11.9 Å². The maximum absolute atomic E-state index is 13.1. The minimum atomic E-state index is -0.376. The minimum absolute atomic E-state index is 0.0751. The van der Waals surface area contributed by atoms with E-state index in [0.717, 1.165) is 0 Å². The van der Waals surface area contributed by atoms with Crippen LogP contribution in [0.4, 0.5) is 0 Å². The van der Waals surface area contributed by atoms with Gasteiger partial charge in [-0.15, -0.1) is 0 Å². The fraction of sp³-hybridized carbons (Fsp3) is 0.846. The molecule has 0 aromatic rings. The summed E-state index contributed by atoms with van der Waals surface area (Å²) >= 11 is 0. The topological polar surface area (TPSA) is 121 Å². The lowest BCUT2D eigenvalue weighted by molar-refractivity contribution is -0.147. The molecule has 1 aliphatic heterocycles. The first-order valence-electron chi connectivity index (χ1n) is 13.1. The molecule has 1 fully saturated rings. The van der Waals surface area contributed by atoms with Crippen LogP contribution in [0.25, 0.3) is 0 Å². The normalized spacial score (nSPS) is 19.9. The molecule has 1 rings (SSSR count). The van der Waals surface area contributed by atoms with Crippen molar-refractivity contribution in [2.24, 2.45) is 23.7 Å². The molecule has 0 unspecified atom stereocenters. The molecule has 11 nitrogen and oxygen atoms in total. The largest absolute Gasteiger partial charge is 0.469 e. The first-order valence-corrected chi connectivity index (χ1v) is 13.1. The lowest BCUT2D eigenvalue weighted by Crippen LogP contribution is -2.42. The number of esters is 2. The van der Waals surface area contributed by atoms with Crippen LogP contribution < -0.4 is 0 Å². The molecule has 11 heteroatoms. The van der Waals surface area contributed by atoms with Gasteiger partial charge in [0.1, 0.15) is 0 Å². The minimum Gasteiger partial charge on any atom is -0.469 e. The van der Waals surface area contributed by atoms with E-state index in [2.05, 4.69) is 0 Å². The van der Waals surface area contributed by atoms with E-state index in [1.54, 1.807) is 37.5 Å². The van der Waals surface area contributed by atoms with Crippen LogP contribution in [0.2, 0.25) is 0 Å². The molecule has 1 aliphatic rings. The number of carbonyl (C=O) groups is 4. The number of amides is 2. The molecular weight excluding hydrogens is 484 g/mol. The average Bonchev–Trinajstić information content (AvgIpc) is 2.90. The third-order valence-corrected chi connectivity index (χ3v) is 6.48. The number of methoxy groups -OCH3 is 2. The summed E-state index contributed by atoms with van der Waals surface area (Å²) in [5, 5.41) is 0. The SMILES string of the molecule is COC(=O)[C@H](C)C[C@H](C)C(=O)N1CCOCCOCCN(C(=O)[C@@H](C)C[C@H](C)C(=O)OC)CCOCC1. The number of rotatable bonds is 8. The van der Waals surface area contributed by atoms with Crippen molar-refractivity contribution >= 4 is 23.8 Å². The second kappa shape index (κ2) is 18.1. The van der Waals surface area contributed by atoms with Crippen molar-refractivity contribution in [1.29, 1.82) is 0 Å². The number of carbonyl (C=O) groups excluding carboxylic acids is 4. The Hall–Kier alpha value is -2.24. The molecule has 1 saturated heterocycles. The summed E-state index contributed by atoms with van der Waals surface area (Å²) in [6, 6.07) is 0. The van der Waals surface area contributed by atoms with Gasteiger partial charge in [-0.1, -0.05) is 27.7 Å². The Kier molecular flexibility index (Phi) is 16.0. The molecule has 0 saturated carbocycles. The fourth-order valence-electron chi connectivity index (χ4n) is 4.27. The molecule has 4 atom stereocenters. The first kappa shape index (κ1) is 32.8. The average molecular weight is 531 g/mol. The van der Waals surface area contributed by atoms with E-state index in [-0.39, 0.29) is 47.4 Å². The Labute approximate surface area is 221 Å². The van der Waals surface area contributed by atoms with E-state index in [4.69, 9.17) is 23.7 Å². The molecule has 0 aromatic heterocycles.